The van der Waals surface area contributed by atoms with Gasteiger partial charge in [-0.3, -0.25) is 0 Å². The van der Waals surface area contributed by atoms with E-state index in [0.29, 0.717) is 0 Å². The fourth-order valence-electron chi connectivity index (χ4n) is 2.61. The number of anilines is 1. The fourth-order valence-corrected chi connectivity index (χ4v) is 4.20. The topological polar surface area (TPSA) is 28.5 Å². The molecular weight excluding hydrogens is 382 g/mol. The Morgan fingerprint density at radius 1 is 0.857 bits per heavy atom. The zero-order valence-electron chi connectivity index (χ0n) is 15.4. The van der Waals surface area contributed by atoms with Crippen molar-refractivity contribution < 1.29 is 0 Å². The van der Waals surface area contributed by atoms with E-state index in [-0.39, 0.29) is 0 Å². The molecule has 0 saturated heterocycles. The van der Waals surface area contributed by atoms with Gasteiger partial charge in [0.15, 0.2) is 0 Å². The number of nitrogens with zero attached hydrogens (tertiary/aromatic N) is 3. The van der Waals surface area contributed by atoms with Gasteiger partial charge >= 0.3 is 0 Å². The average Bonchev–Trinajstić information content (AvgIpc) is 3.24. The first-order chi connectivity index (χ1) is 13.8. The van der Waals surface area contributed by atoms with Crippen molar-refractivity contribution in [3.05, 3.63) is 95.9 Å². The van der Waals surface area contributed by atoms with Crippen LogP contribution in [0.25, 0.3) is 11.3 Å². The lowest BCUT2D eigenvalue weighted by atomic mass is 10.2. The van der Waals surface area contributed by atoms with Crippen LogP contribution in [-0.4, -0.2) is 18.2 Å². The van der Waals surface area contributed by atoms with Gasteiger partial charge in [0.1, 0.15) is 0 Å². The van der Waals surface area contributed by atoms with Crippen LogP contribution in [0.15, 0.2) is 105 Å². The molecule has 3 aromatic carbocycles. The number of aromatic nitrogens is 1. The molecule has 0 fully saturated rings. The molecule has 5 heteroatoms. The molecule has 138 valence electrons. The van der Waals surface area contributed by atoms with Crippen molar-refractivity contribution in [2.75, 3.05) is 12.1 Å². The summed E-state index contributed by atoms with van der Waals surface area (Å²) in [6.45, 7) is 0. The minimum absolute atomic E-state index is 0.866. The maximum Gasteiger partial charge on any atom is 0.206 e. The number of benzene rings is 3. The summed E-state index contributed by atoms with van der Waals surface area (Å²) in [6, 6.07) is 29.0. The molecule has 0 atom stereocenters. The van der Waals surface area contributed by atoms with Gasteiger partial charge in [-0.1, -0.05) is 72.4 Å². The maximum atomic E-state index is 4.73. The summed E-state index contributed by atoms with van der Waals surface area (Å²) in [6.07, 6.45) is 1.84. The third-order valence-electron chi connectivity index (χ3n) is 4.08. The van der Waals surface area contributed by atoms with E-state index in [4.69, 9.17) is 4.98 Å². The normalized spacial score (nSPS) is 11.0. The summed E-state index contributed by atoms with van der Waals surface area (Å²) in [4.78, 5) is 7.19. The van der Waals surface area contributed by atoms with E-state index in [9.17, 15) is 0 Å². The largest absolute Gasteiger partial charge is 0.242 e. The van der Waals surface area contributed by atoms with E-state index in [1.807, 2.05) is 49.7 Å². The van der Waals surface area contributed by atoms with Gasteiger partial charge in [0.2, 0.25) is 5.13 Å². The van der Waals surface area contributed by atoms with Gasteiger partial charge in [-0.2, -0.15) is 5.10 Å². The zero-order valence-corrected chi connectivity index (χ0v) is 17.0. The highest BCUT2D eigenvalue weighted by Gasteiger charge is 2.08. The lowest BCUT2D eigenvalue weighted by Crippen LogP contribution is -2.08. The highest BCUT2D eigenvalue weighted by molar-refractivity contribution is 7.99. The second kappa shape index (κ2) is 8.87. The summed E-state index contributed by atoms with van der Waals surface area (Å²) < 4.78 is 0. The Labute approximate surface area is 173 Å². The smallest absolute Gasteiger partial charge is 0.206 e. The van der Waals surface area contributed by atoms with E-state index >= 15 is 0 Å². The molecule has 3 nitrogen and oxygen atoms in total. The summed E-state index contributed by atoms with van der Waals surface area (Å²) >= 11 is 3.35. The molecule has 0 N–H and O–H groups in total. The summed E-state index contributed by atoms with van der Waals surface area (Å²) in [5, 5.41) is 9.23. The lowest BCUT2D eigenvalue weighted by Gasteiger charge is -2.07. The Balaban J connectivity index is 1.44. The van der Waals surface area contributed by atoms with Crippen LogP contribution in [0.2, 0.25) is 0 Å². The third-order valence-corrected chi connectivity index (χ3v) is 6.00. The molecule has 0 unspecified atom stereocenters. The number of hydrogen-bond donors (Lipinski definition) is 0. The minimum atomic E-state index is 0.866. The molecule has 0 radical (unpaired) electrons. The van der Waals surface area contributed by atoms with Crippen molar-refractivity contribution in [2.45, 2.75) is 9.79 Å². The minimum Gasteiger partial charge on any atom is -0.242 e. The Morgan fingerprint density at radius 2 is 1.50 bits per heavy atom. The monoisotopic (exact) mass is 401 g/mol. The second-order valence-electron chi connectivity index (χ2n) is 6.13. The molecule has 0 spiro atoms. The van der Waals surface area contributed by atoms with Crippen LogP contribution in [0.4, 0.5) is 5.13 Å². The maximum absolute atomic E-state index is 4.73. The Hall–Kier alpha value is -2.89. The van der Waals surface area contributed by atoms with Gasteiger partial charge < -0.3 is 0 Å². The first kappa shape index (κ1) is 18.5. The summed E-state index contributed by atoms with van der Waals surface area (Å²) in [7, 11) is 1.92. The van der Waals surface area contributed by atoms with Crippen LogP contribution in [0.5, 0.6) is 0 Å². The molecule has 4 rings (SSSR count). The van der Waals surface area contributed by atoms with Crippen LogP contribution < -0.4 is 5.01 Å². The first-order valence-electron chi connectivity index (χ1n) is 8.89. The van der Waals surface area contributed by atoms with Gasteiger partial charge in [-0.05, 0) is 29.8 Å². The molecule has 0 amide bonds. The highest BCUT2D eigenvalue weighted by atomic mass is 32.2. The van der Waals surface area contributed by atoms with E-state index in [0.717, 1.165) is 22.0 Å². The van der Waals surface area contributed by atoms with E-state index in [1.165, 1.54) is 9.79 Å². The van der Waals surface area contributed by atoms with Crippen molar-refractivity contribution >= 4 is 34.4 Å². The van der Waals surface area contributed by atoms with Crippen LogP contribution in [0.1, 0.15) is 5.56 Å². The average molecular weight is 402 g/mol. The van der Waals surface area contributed by atoms with Crippen LogP contribution >= 0.6 is 23.1 Å². The van der Waals surface area contributed by atoms with Crippen molar-refractivity contribution in [3.63, 3.8) is 0 Å². The van der Waals surface area contributed by atoms with Crippen molar-refractivity contribution in [1.29, 1.82) is 0 Å². The van der Waals surface area contributed by atoms with Crippen molar-refractivity contribution in [3.8, 4) is 11.3 Å². The predicted octanol–water partition coefficient (Wildman–Crippen LogP) is 6.43. The molecule has 0 aliphatic heterocycles. The van der Waals surface area contributed by atoms with E-state index in [2.05, 4.69) is 59.0 Å². The van der Waals surface area contributed by atoms with Gasteiger partial charge in [-0.15, -0.1) is 11.3 Å². The van der Waals surface area contributed by atoms with Crippen LogP contribution in [-0.2, 0) is 0 Å². The fraction of sp³-hybridized carbons (Fsp3) is 0.0435. The number of rotatable bonds is 6. The molecule has 28 heavy (non-hydrogen) atoms. The molecule has 0 aliphatic carbocycles. The molecule has 1 heterocycles. The summed E-state index contributed by atoms with van der Waals surface area (Å²) in [5.41, 5.74) is 3.15. The Morgan fingerprint density at radius 3 is 2.21 bits per heavy atom. The van der Waals surface area contributed by atoms with Gasteiger partial charge in [0, 0.05) is 27.8 Å². The molecular formula is C23H19N3S2. The number of hydrazone groups is 1. The second-order valence-corrected chi connectivity index (χ2v) is 8.12. The van der Waals surface area contributed by atoms with Gasteiger partial charge in [-0.25, -0.2) is 9.99 Å². The van der Waals surface area contributed by atoms with Crippen LogP contribution in [0.3, 0.4) is 0 Å². The Kier molecular flexibility index (Phi) is 5.85. The van der Waals surface area contributed by atoms with Gasteiger partial charge in [0.05, 0.1) is 11.9 Å². The summed E-state index contributed by atoms with van der Waals surface area (Å²) in [5.74, 6) is 0. The Bertz CT molecular complexity index is 1040. The standard InChI is InChI=1S/C23H19N3S2/c1-26(24-16-18-8-4-2-5-9-18)23-25-22(17-27-23)19-12-14-21(15-13-19)28-20-10-6-3-7-11-20/h2-17H,1H3. The molecule has 4 aromatic rings. The molecule has 1 aromatic heterocycles. The SMILES string of the molecule is CN(N=Cc1ccccc1)c1nc(-c2ccc(Sc3ccccc3)cc2)cs1. The quantitative estimate of drug-likeness (QED) is 0.275. The zero-order chi connectivity index (χ0) is 19.2. The first-order valence-corrected chi connectivity index (χ1v) is 10.6. The van der Waals surface area contributed by atoms with Gasteiger partial charge in [0.25, 0.3) is 0 Å². The third kappa shape index (κ3) is 4.68. The predicted molar refractivity (Wildman–Crippen MR) is 121 cm³/mol. The van der Waals surface area contributed by atoms with Crippen molar-refractivity contribution in [1.82, 2.24) is 4.98 Å². The lowest BCUT2D eigenvalue weighted by molar-refractivity contribution is 1.01. The molecule has 0 saturated carbocycles. The number of hydrogen-bond acceptors (Lipinski definition) is 5. The number of thiazole rings is 1. The highest BCUT2D eigenvalue weighted by Crippen LogP contribution is 2.31. The van der Waals surface area contributed by atoms with Crippen molar-refractivity contribution in [2.24, 2.45) is 5.10 Å². The van der Waals surface area contributed by atoms with E-state index in [1.54, 1.807) is 28.1 Å². The molecule has 0 aliphatic rings. The van der Waals surface area contributed by atoms with Crippen LogP contribution in [0, 0.1) is 0 Å². The molecule has 0 bridgehead atoms. The van der Waals surface area contributed by atoms with E-state index < -0.39 is 0 Å².